The Bertz CT molecular complexity index is 804. The van der Waals surface area contributed by atoms with E-state index in [1.54, 1.807) is 24.3 Å². The third-order valence-corrected chi connectivity index (χ3v) is 3.31. The Morgan fingerprint density at radius 2 is 1.81 bits per heavy atom. The van der Waals surface area contributed by atoms with Crippen molar-refractivity contribution in [2.75, 3.05) is 12.4 Å². The molecular formula is C18H16F2N2O4. The van der Waals surface area contributed by atoms with E-state index in [-0.39, 0.29) is 17.2 Å². The summed E-state index contributed by atoms with van der Waals surface area (Å²) in [4.78, 5) is 12.2. The number of hydrogen-bond donors (Lipinski definition) is 1. The van der Waals surface area contributed by atoms with Crippen molar-refractivity contribution >= 4 is 11.6 Å². The third-order valence-electron chi connectivity index (χ3n) is 3.31. The second-order valence-corrected chi connectivity index (χ2v) is 5.13. The summed E-state index contributed by atoms with van der Waals surface area (Å²) in [5, 5.41) is 11.3. The topological polar surface area (TPSA) is 80.6 Å². The molecule has 0 heterocycles. The molecule has 1 amide bonds. The van der Waals surface area contributed by atoms with Gasteiger partial charge in [-0.15, -0.1) is 0 Å². The molecule has 1 unspecified atom stereocenters. The second-order valence-electron chi connectivity index (χ2n) is 5.13. The van der Waals surface area contributed by atoms with Crippen LogP contribution in [0.2, 0.25) is 0 Å². The van der Waals surface area contributed by atoms with E-state index in [0.29, 0.717) is 11.3 Å². The number of amides is 1. The van der Waals surface area contributed by atoms with E-state index in [1.807, 2.05) is 6.07 Å². The fraction of sp³-hybridized carbons (Fsp3) is 0.222. The van der Waals surface area contributed by atoms with E-state index in [2.05, 4.69) is 10.1 Å². The number of benzene rings is 2. The zero-order valence-electron chi connectivity index (χ0n) is 14.0. The number of nitrogens with one attached hydrogen (secondary N) is 1. The lowest BCUT2D eigenvalue weighted by Gasteiger charge is -2.16. The number of carbonyl (C=O) groups is 1. The van der Waals surface area contributed by atoms with Gasteiger partial charge < -0.3 is 19.5 Å². The van der Waals surface area contributed by atoms with Crippen molar-refractivity contribution in [3.8, 4) is 23.3 Å². The molecule has 2 rings (SSSR count). The van der Waals surface area contributed by atoms with Crippen LogP contribution in [0.1, 0.15) is 12.5 Å². The quantitative estimate of drug-likeness (QED) is 0.814. The molecule has 2 aromatic rings. The summed E-state index contributed by atoms with van der Waals surface area (Å²) in [6.45, 7) is -1.48. The number of ether oxygens (including phenoxy) is 3. The molecule has 0 aliphatic rings. The van der Waals surface area contributed by atoms with Crippen LogP contribution in [0, 0.1) is 11.3 Å². The Morgan fingerprint density at radius 3 is 2.38 bits per heavy atom. The molecule has 1 atom stereocenters. The molecule has 0 saturated heterocycles. The predicted octanol–water partition coefficient (Wildman–Crippen LogP) is 3.57. The zero-order chi connectivity index (χ0) is 19.1. The standard InChI is InChI=1S/C18H16F2N2O4/c1-11(25-14-6-3-12(10-21)4-7-14)17(23)22-13-5-8-15(24-2)16(9-13)26-18(19)20/h3-9,11,18H,1-2H3,(H,22,23). The van der Waals surface area contributed by atoms with Crippen LogP contribution in [0.15, 0.2) is 42.5 Å². The van der Waals surface area contributed by atoms with Crippen LogP contribution in [-0.4, -0.2) is 25.7 Å². The predicted molar refractivity (Wildman–Crippen MR) is 89.5 cm³/mol. The van der Waals surface area contributed by atoms with Crippen LogP contribution < -0.4 is 19.5 Å². The smallest absolute Gasteiger partial charge is 0.387 e. The van der Waals surface area contributed by atoms with Crippen molar-refractivity contribution in [3.63, 3.8) is 0 Å². The SMILES string of the molecule is COc1ccc(NC(=O)C(C)Oc2ccc(C#N)cc2)cc1OC(F)F. The van der Waals surface area contributed by atoms with Gasteiger partial charge in [0.25, 0.3) is 5.91 Å². The molecule has 8 heteroatoms. The summed E-state index contributed by atoms with van der Waals surface area (Å²) in [7, 11) is 1.32. The fourth-order valence-corrected chi connectivity index (χ4v) is 2.05. The van der Waals surface area contributed by atoms with Crippen molar-refractivity contribution < 1.29 is 27.8 Å². The molecule has 26 heavy (non-hydrogen) atoms. The number of nitriles is 1. The van der Waals surface area contributed by atoms with Gasteiger partial charge in [-0.2, -0.15) is 14.0 Å². The van der Waals surface area contributed by atoms with Gasteiger partial charge in [-0.05, 0) is 43.3 Å². The zero-order valence-corrected chi connectivity index (χ0v) is 14.0. The van der Waals surface area contributed by atoms with Gasteiger partial charge in [-0.3, -0.25) is 4.79 Å². The summed E-state index contributed by atoms with van der Waals surface area (Å²) in [6, 6.07) is 12.4. The van der Waals surface area contributed by atoms with Crippen LogP contribution in [0.4, 0.5) is 14.5 Å². The molecule has 0 aromatic heterocycles. The maximum absolute atomic E-state index is 12.5. The lowest BCUT2D eigenvalue weighted by Crippen LogP contribution is -2.30. The molecule has 0 aliphatic heterocycles. The highest BCUT2D eigenvalue weighted by Gasteiger charge is 2.17. The van der Waals surface area contributed by atoms with Crippen molar-refractivity contribution in [1.29, 1.82) is 5.26 Å². The van der Waals surface area contributed by atoms with Gasteiger partial charge in [0.1, 0.15) is 5.75 Å². The Labute approximate surface area is 148 Å². The summed E-state index contributed by atoms with van der Waals surface area (Å²) in [5.74, 6) is -0.142. The van der Waals surface area contributed by atoms with Crippen molar-refractivity contribution in [2.45, 2.75) is 19.6 Å². The van der Waals surface area contributed by atoms with Gasteiger partial charge in [0.15, 0.2) is 17.6 Å². The number of methoxy groups -OCH3 is 1. The molecule has 0 fully saturated rings. The van der Waals surface area contributed by atoms with Crippen molar-refractivity contribution in [2.24, 2.45) is 0 Å². The maximum atomic E-state index is 12.5. The average Bonchev–Trinajstić information content (AvgIpc) is 2.62. The highest BCUT2D eigenvalue weighted by Crippen LogP contribution is 2.31. The number of hydrogen-bond acceptors (Lipinski definition) is 5. The normalized spacial score (nSPS) is 11.4. The summed E-state index contributed by atoms with van der Waals surface area (Å²) in [5.41, 5.74) is 0.723. The van der Waals surface area contributed by atoms with Gasteiger partial charge in [-0.1, -0.05) is 0 Å². The lowest BCUT2D eigenvalue weighted by molar-refractivity contribution is -0.122. The highest BCUT2D eigenvalue weighted by atomic mass is 19.3. The van der Waals surface area contributed by atoms with E-state index in [0.717, 1.165) is 0 Å². The number of anilines is 1. The number of rotatable bonds is 7. The molecule has 0 bridgehead atoms. The van der Waals surface area contributed by atoms with Crippen LogP contribution in [0.25, 0.3) is 0 Å². The molecule has 2 aromatic carbocycles. The minimum Gasteiger partial charge on any atom is -0.493 e. The molecule has 136 valence electrons. The molecule has 1 N–H and O–H groups in total. The Balaban J connectivity index is 2.04. The van der Waals surface area contributed by atoms with E-state index in [9.17, 15) is 13.6 Å². The van der Waals surface area contributed by atoms with Gasteiger partial charge in [0.2, 0.25) is 0 Å². The molecule has 0 spiro atoms. The molecular weight excluding hydrogens is 346 g/mol. The van der Waals surface area contributed by atoms with Gasteiger partial charge >= 0.3 is 6.61 Å². The number of nitrogens with zero attached hydrogens (tertiary/aromatic N) is 1. The van der Waals surface area contributed by atoms with Gasteiger partial charge in [0, 0.05) is 11.8 Å². The highest BCUT2D eigenvalue weighted by molar-refractivity contribution is 5.94. The first-order valence-electron chi connectivity index (χ1n) is 7.53. The Kier molecular flexibility index (Phi) is 6.33. The first-order chi connectivity index (χ1) is 12.4. The van der Waals surface area contributed by atoms with E-state index in [4.69, 9.17) is 14.7 Å². The minimum atomic E-state index is -3.02. The summed E-state index contributed by atoms with van der Waals surface area (Å²) in [6.07, 6.45) is -0.857. The second kappa shape index (κ2) is 8.67. The summed E-state index contributed by atoms with van der Waals surface area (Å²) < 4.78 is 39.7. The van der Waals surface area contributed by atoms with Crippen LogP contribution >= 0.6 is 0 Å². The van der Waals surface area contributed by atoms with Crippen molar-refractivity contribution in [3.05, 3.63) is 48.0 Å². The fourth-order valence-electron chi connectivity index (χ4n) is 2.05. The van der Waals surface area contributed by atoms with Gasteiger partial charge in [-0.25, -0.2) is 0 Å². The average molecular weight is 362 g/mol. The molecule has 0 saturated carbocycles. The van der Waals surface area contributed by atoms with E-state index < -0.39 is 18.6 Å². The van der Waals surface area contributed by atoms with Crippen LogP contribution in [0.3, 0.4) is 0 Å². The Hall–Kier alpha value is -3.34. The molecule has 0 radical (unpaired) electrons. The summed E-state index contributed by atoms with van der Waals surface area (Å²) >= 11 is 0. The largest absolute Gasteiger partial charge is 0.493 e. The third kappa shape index (κ3) is 5.08. The first kappa shape index (κ1) is 19.0. The minimum absolute atomic E-state index is 0.116. The number of carbonyl (C=O) groups excluding carboxylic acids is 1. The van der Waals surface area contributed by atoms with E-state index >= 15 is 0 Å². The monoisotopic (exact) mass is 362 g/mol. The van der Waals surface area contributed by atoms with Gasteiger partial charge in [0.05, 0.1) is 18.7 Å². The Morgan fingerprint density at radius 1 is 1.12 bits per heavy atom. The first-order valence-corrected chi connectivity index (χ1v) is 7.53. The lowest BCUT2D eigenvalue weighted by atomic mass is 10.2. The van der Waals surface area contributed by atoms with Crippen LogP contribution in [0.5, 0.6) is 17.2 Å². The number of alkyl halides is 2. The maximum Gasteiger partial charge on any atom is 0.387 e. The van der Waals surface area contributed by atoms with Crippen LogP contribution in [-0.2, 0) is 4.79 Å². The molecule has 0 aliphatic carbocycles. The van der Waals surface area contributed by atoms with Crippen molar-refractivity contribution in [1.82, 2.24) is 0 Å². The van der Waals surface area contributed by atoms with E-state index in [1.165, 1.54) is 32.2 Å². The molecule has 6 nitrogen and oxygen atoms in total. The number of halogens is 2.